The molecular weight excluding hydrogens is 232 g/mol. The van der Waals surface area contributed by atoms with Gasteiger partial charge in [-0.25, -0.2) is 0 Å². The molecule has 0 aliphatic rings. The van der Waals surface area contributed by atoms with E-state index in [-0.39, 0.29) is 18.6 Å². The highest BCUT2D eigenvalue weighted by atomic mass is 16.5. The van der Waals surface area contributed by atoms with Crippen molar-refractivity contribution in [2.75, 3.05) is 26.1 Å². The molecule has 100 valence electrons. The van der Waals surface area contributed by atoms with Gasteiger partial charge < -0.3 is 20.5 Å². The molecule has 0 aliphatic carbocycles. The fourth-order valence-corrected chi connectivity index (χ4v) is 1.44. The number of carbonyl (C=O) groups excluding carboxylic acids is 1. The molecule has 5 heteroatoms. The summed E-state index contributed by atoms with van der Waals surface area (Å²) >= 11 is 0. The summed E-state index contributed by atoms with van der Waals surface area (Å²) in [7, 11) is 1.64. The topological polar surface area (TPSA) is 73.6 Å². The van der Waals surface area contributed by atoms with Crippen LogP contribution < -0.4 is 15.8 Å². The lowest BCUT2D eigenvalue weighted by molar-refractivity contribution is -0.123. The monoisotopic (exact) mass is 252 g/mol. The number of benzene rings is 1. The number of amides is 1. The van der Waals surface area contributed by atoms with Crippen molar-refractivity contribution in [1.82, 2.24) is 5.32 Å². The number of hydrogen-bond donors (Lipinski definition) is 2. The maximum atomic E-state index is 11.6. The van der Waals surface area contributed by atoms with Crippen LogP contribution in [-0.4, -0.2) is 32.3 Å². The Balaban J connectivity index is 2.28. The van der Waals surface area contributed by atoms with Crippen molar-refractivity contribution in [3.63, 3.8) is 0 Å². The standard InChI is InChI=1S/C13H20N2O3/c1-10(6-7-17-2)15-13(16)9-18-12-5-3-4-11(14)8-12/h3-5,8,10H,6-7,9,14H2,1-2H3,(H,15,16). The molecule has 0 saturated heterocycles. The molecule has 0 fully saturated rings. The molecule has 0 heterocycles. The number of anilines is 1. The number of methoxy groups -OCH3 is 1. The highest BCUT2D eigenvalue weighted by molar-refractivity contribution is 5.77. The van der Waals surface area contributed by atoms with E-state index in [1.807, 2.05) is 6.92 Å². The van der Waals surface area contributed by atoms with Crippen LogP contribution in [0.5, 0.6) is 5.75 Å². The number of nitrogens with one attached hydrogen (secondary N) is 1. The quantitative estimate of drug-likeness (QED) is 0.715. The van der Waals surface area contributed by atoms with Crippen LogP contribution in [0.4, 0.5) is 5.69 Å². The molecule has 3 N–H and O–H groups in total. The summed E-state index contributed by atoms with van der Waals surface area (Å²) in [6, 6.07) is 7.06. The molecular formula is C13H20N2O3. The number of ether oxygens (including phenoxy) is 2. The van der Waals surface area contributed by atoms with Gasteiger partial charge in [0.25, 0.3) is 5.91 Å². The third-order valence-corrected chi connectivity index (χ3v) is 2.39. The average Bonchev–Trinajstić information content (AvgIpc) is 2.34. The van der Waals surface area contributed by atoms with E-state index >= 15 is 0 Å². The molecule has 0 aromatic heterocycles. The van der Waals surface area contributed by atoms with Gasteiger partial charge in [-0.3, -0.25) is 4.79 Å². The van der Waals surface area contributed by atoms with E-state index in [1.165, 1.54) is 0 Å². The van der Waals surface area contributed by atoms with Crippen molar-refractivity contribution >= 4 is 11.6 Å². The predicted molar refractivity (Wildman–Crippen MR) is 70.4 cm³/mol. The lowest BCUT2D eigenvalue weighted by atomic mass is 10.2. The number of hydrogen-bond acceptors (Lipinski definition) is 4. The summed E-state index contributed by atoms with van der Waals surface area (Å²) in [5.74, 6) is 0.440. The summed E-state index contributed by atoms with van der Waals surface area (Å²) < 4.78 is 10.3. The van der Waals surface area contributed by atoms with Gasteiger partial charge in [0.2, 0.25) is 0 Å². The first-order valence-corrected chi connectivity index (χ1v) is 5.88. The summed E-state index contributed by atoms with van der Waals surface area (Å²) in [5.41, 5.74) is 6.22. The summed E-state index contributed by atoms with van der Waals surface area (Å²) in [6.07, 6.45) is 0.778. The summed E-state index contributed by atoms with van der Waals surface area (Å²) in [5, 5.41) is 2.82. The van der Waals surface area contributed by atoms with Crippen molar-refractivity contribution in [2.45, 2.75) is 19.4 Å². The zero-order valence-electron chi connectivity index (χ0n) is 10.8. The van der Waals surface area contributed by atoms with Crippen LogP contribution in [0.2, 0.25) is 0 Å². The molecule has 0 saturated carbocycles. The number of carbonyl (C=O) groups is 1. The molecule has 1 rings (SSSR count). The largest absolute Gasteiger partial charge is 0.484 e. The van der Waals surface area contributed by atoms with Gasteiger partial charge in [-0.05, 0) is 25.5 Å². The van der Waals surface area contributed by atoms with Crippen LogP contribution in [-0.2, 0) is 9.53 Å². The molecule has 1 aromatic rings. The van der Waals surface area contributed by atoms with Crippen molar-refractivity contribution in [1.29, 1.82) is 0 Å². The maximum absolute atomic E-state index is 11.6. The first-order valence-electron chi connectivity index (χ1n) is 5.88. The predicted octanol–water partition coefficient (Wildman–Crippen LogP) is 1.19. The average molecular weight is 252 g/mol. The van der Waals surface area contributed by atoms with Gasteiger partial charge >= 0.3 is 0 Å². The van der Waals surface area contributed by atoms with Crippen molar-refractivity contribution < 1.29 is 14.3 Å². The van der Waals surface area contributed by atoms with Crippen LogP contribution in [0.15, 0.2) is 24.3 Å². The molecule has 0 spiro atoms. The van der Waals surface area contributed by atoms with E-state index in [9.17, 15) is 4.79 Å². The van der Waals surface area contributed by atoms with Crippen LogP contribution in [0.3, 0.4) is 0 Å². The Bertz CT molecular complexity index is 382. The maximum Gasteiger partial charge on any atom is 0.258 e. The Kier molecular flexibility index (Phi) is 6.00. The molecule has 1 aromatic carbocycles. The van der Waals surface area contributed by atoms with Gasteiger partial charge in [-0.15, -0.1) is 0 Å². The van der Waals surface area contributed by atoms with Crippen LogP contribution in [0, 0.1) is 0 Å². The lowest BCUT2D eigenvalue weighted by Gasteiger charge is -2.13. The van der Waals surface area contributed by atoms with E-state index in [0.29, 0.717) is 18.0 Å². The minimum Gasteiger partial charge on any atom is -0.484 e. The van der Waals surface area contributed by atoms with Gasteiger partial charge in [0.1, 0.15) is 5.75 Å². The second kappa shape index (κ2) is 7.55. The number of rotatable bonds is 7. The van der Waals surface area contributed by atoms with Gasteiger partial charge in [0.15, 0.2) is 6.61 Å². The van der Waals surface area contributed by atoms with E-state index in [2.05, 4.69) is 5.32 Å². The second-order valence-electron chi connectivity index (χ2n) is 4.11. The summed E-state index contributed by atoms with van der Waals surface area (Å²) in [6.45, 7) is 2.54. The summed E-state index contributed by atoms with van der Waals surface area (Å²) in [4.78, 5) is 11.6. The van der Waals surface area contributed by atoms with Crippen LogP contribution in [0.1, 0.15) is 13.3 Å². The molecule has 1 atom stereocenters. The van der Waals surface area contributed by atoms with Crippen molar-refractivity contribution in [2.24, 2.45) is 0 Å². The van der Waals surface area contributed by atoms with Crippen molar-refractivity contribution in [3.05, 3.63) is 24.3 Å². The fourth-order valence-electron chi connectivity index (χ4n) is 1.44. The Morgan fingerprint density at radius 2 is 2.28 bits per heavy atom. The molecule has 0 radical (unpaired) electrons. The Hall–Kier alpha value is -1.75. The lowest BCUT2D eigenvalue weighted by Crippen LogP contribution is -2.36. The molecule has 0 bridgehead atoms. The van der Waals surface area contributed by atoms with E-state index in [0.717, 1.165) is 6.42 Å². The number of nitrogen functional groups attached to an aromatic ring is 1. The van der Waals surface area contributed by atoms with Gasteiger partial charge in [0.05, 0.1) is 0 Å². The zero-order valence-corrected chi connectivity index (χ0v) is 10.8. The van der Waals surface area contributed by atoms with Gasteiger partial charge in [0, 0.05) is 31.5 Å². The minimum absolute atomic E-state index is 0.0131. The molecule has 18 heavy (non-hydrogen) atoms. The zero-order chi connectivity index (χ0) is 13.4. The Morgan fingerprint density at radius 3 is 2.94 bits per heavy atom. The molecule has 1 unspecified atom stereocenters. The Labute approximate surface area is 107 Å². The first-order chi connectivity index (χ1) is 8.61. The van der Waals surface area contributed by atoms with E-state index < -0.39 is 0 Å². The highest BCUT2D eigenvalue weighted by Gasteiger charge is 2.07. The molecule has 0 aliphatic heterocycles. The molecule has 1 amide bonds. The SMILES string of the molecule is COCCC(C)NC(=O)COc1cccc(N)c1. The van der Waals surface area contributed by atoms with E-state index in [4.69, 9.17) is 15.2 Å². The minimum atomic E-state index is -0.152. The Morgan fingerprint density at radius 1 is 1.50 bits per heavy atom. The third-order valence-electron chi connectivity index (χ3n) is 2.39. The smallest absolute Gasteiger partial charge is 0.258 e. The first kappa shape index (κ1) is 14.3. The van der Waals surface area contributed by atoms with Gasteiger partial charge in [-0.1, -0.05) is 6.07 Å². The third kappa shape index (κ3) is 5.54. The van der Waals surface area contributed by atoms with Crippen LogP contribution in [0.25, 0.3) is 0 Å². The fraction of sp³-hybridized carbons (Fsp3) is 0.462. The van der Waals surface area contributed by atoms with Crippen molar-refractivity contribution in [3.8, 4) is 5.75 Å². The van der Waals surface area contributed by atoms with Gasteiger partial charge in [-0.2, -0.15) is 0 Å². The normalized spacial score (nSPS) is 11.9. The highest BCUT2D eigenvalue weighted by Crippen LogP contribution is 2.13. The van der Waals surface area contributed by atoms with Crippen LogP contribution >= 0.6 is 0 Å². The van der Waals surface area contributed by atoms with E-state index in [1.54, 1.807) is 31.4 Å². The second-order valence-corrected chi connectivity index (χ2v) is 4.11. The number of nitrogens with two attached hydrogens (primary N) is 1. The molecule has 5 nitrogen and oxygen atoms in total.